The molecule has 2 heterocycles. The Morgan fingerprint density at radius 1 is 0.423 bits per heavy atom. The highest BCUT2D eigenvalue weighted by Crippen LogP contribution is 2.38. The SMILES string of the molecule is C1=Cc2c(c3ccccc3n2-c2ccc(-c3cc(-c4ccccc4)cc(-c4ccc(-n5c6c(c7ccccc75)C=CCC6)cc4)c3)cc2)CC1.CC. The van der Waals surface area contributed by atoms with Gasteiger partial charge in [0.2, 0.25) is 0 Å². The van der Waals surface area contributed by atoms with E-state index in [1.54, 1.807) is 0 Å². The molecule has 10 rings (SSSR count). The fourth-order valence-electron chi connectivity index (χ4n) is 8.30. The van der Waals surface area contributed by atoms with Crippen LogP contribution >= 0.6 is 0 Å². The van der Waals surface area contributed by atoms with Crippen LogP contribution in [0.1, 0.15) is 49.2 Å². The van der Waals surface area contributed by atoms with Crippen molar-refractivity contribution in [2.75, 3.05) is 0 Å². The highest BCUT2D eigenvalue weighted by atomic mass is 15.0. The number of allylic oxidation sites excluding steroid dienone is 2. The number of hydrogen-bond acceptors (Lipinski definition) is 0. The van der Waals surface area contributed by atoms with E-state index in [-0.39, 0.29) is 0 Å². The van der Waals surface area contributed by atoms with Crippen LogP contribution in [0, 0.1) is 0 Å². The van der Waals surface area contributed by atoms with Gasteiger partial charge in [-0.05, 0) is 125 Å². The number of fused-ring (bicyclic) bond motifs is 6. The van der Waals surface area contributed by atoms with Crippen LogP contribution in [0.4, 0.5) is 0 Å². The van der Waals surface area contributed by atoms with E-state index in [1.807, 2.05) is 13.8 Å². The molecule has 0 saturated carbocycles. The van der Waals surface area contributed by atoms with Gasteiger partial charge in [0, 0.05) is 39.1 Å². The van der Waals surface area contributed by atoms with Crippen molar-refractivity contribution >= 4 is 34.0 Å². The highest BCUT2D eigenvalue weighted by Gasteiger charge is 2.20. The molecular formula is C50H42N2. The summed E-state index contributed by atoms with van der Waals surface area (Å²) < 4.78 is 4.89. The van der Waals surface area contributed by atoms with Crippen molar-refractivity contribution in [1.29, 1.82) is 0 Å². The zero-order valence-electron chi connectivity index (χ0n) is 29.9. The first-order valence-corrected chi connectivity index (χ1v) is 18.8. The van der Waals surface area contributed by atoms with Crippen LogP contribution in [-0.2, 0) is 12.8 Å². The molecule has 0 bridgehead atoms. The third-order valence-corrected chi connectivity index (χ3v) is 10.7. The van der Waals surface area contributed by atoms with Crippen LogP contribution in [0.15, 0.2) is 158 Å². The Hall–Kier alpha value is -6.12. The molecule has 0 amide bonds. The van der Waals surface area contributed by atoms with Crippen LogP contribution in [0.2, 0.25) is 0 Å². The summed E-state index contributed by atoms with van der Waals surface area (Å²) in [5, 5.41) is 2.69. The summed E-state index contributed by atoms with van der Waals surface area (Å²) in [6.45, 7) is 4.00. The first-order chi connectivity index (χ1) is 25.8. The second-order valence-electron chi connectivity index (χ2n) is 13.6. The van der Waals surface area contributed by atoms with Gasteiger partial charge in [-0.2, -0.15) is 0 Å². The van der Waals surface area contributed by atoms with Gasteiger partial charge in [0.15, 0.2) is 0 Å². The van der Waals surface area contributed by atoms with Gasteiger partial charge in [-0.25, -0.2) is 0 Å². The van der Waals surface area contributed by atoms with Crippen LogP contribution in [0.25, 0.3) is 78.7 Å². The Balaban J connectivity index is 0.00000177. The molecule has 2 aromatic heterocycles. The summed E-state index contributed by atoms with van der Waals surface area (Å²) >= 11 is 0. The highest BCUT2D eigenvalue weighted by molar-refractivity contribution is 5.94. The van der Waals surface area contributed by atoms with Gasteiger partial charge in [0.25, 0.3) is 0 Å². The monoisotopic (exact) mass is 670 g/mol. The second-order valence-corrected chi connectivity index (χ2v) is 13.6. The van der Waals surface area contributed by atoms with Crippen molar-refractivity contribution < 1.29 is 0 Å². The Labute approximate surface area is 306 Å². The van der Waals surface area contributed by atoms with Gasteiger partial charge in [0.05, 0.1) is 11.0 Å². The summed E-state index contributed by atoms with van der Waals surface area (Å²) in [5.74, 6) is 0. The normalized spacial score (nSPS) is 13.1. The quantitative estimate of drug-likeness (QED) is 0.172. The molecule has 0 radical (unpaired) electrons. The Kier molecular flexibility index (Phi) is 8.29. The molecule has 52 heavy (non-hydrogen) atoms. The molecule has 2 nitrogen and oxygen atoms in total. The molecule has 0 fully saturated rings. The lowest BCUT2D eigenvalue weighted by atomic mass is 9.93. The number of aromatic nitrogens is 2. The van der Waals surface area contributed by atoms with Gasteiger partial charge in [-0.15, -0.1) is 0 Å². The van der Waals surface area contributed by atoms with Gasteiger partial charge in [0.1, 0.15) is 0 Å². The molecule has 2 aliphatic carbocycles. The van der Waals surface area contributed by atoms with Crippen LogP contribution < -0.4 is 0 Å². The minimum atomic E-state index is 1.06. The minimum absolute atomic E-state index is 1.06. The maximum atomic E-state index is 2.46. The van der Waals surface area contributed by atoms with Gasteiger partial charge >= 0.3 is 0 Å². The van der Waals surface area contributed by atoms with E-state index < -0.39 is 0 Å². The standard InChI is InChI=1S/C48H36N2.C2H6/c1-2-12-33(13-3-1)36-30-37(34-22-26-39(27-23-34)49-45-18-8-4-14-41(45)42-15-5-9-19-46(42)49)32-38(31-36)35-24-28-40(29-25-35)50-47-20-10-6-16-43(47)44-17-7-11-21-48(44)50;1-2/h1-6,8,10-16,18,20-32H,7,9,17,19H2;1-2H3. The first-order valence-electron chi connectivity index (χ1n) is 18.8. The summed E-state index contributed by atoms with van der Waals surface area (Å²) in [6.07, 6.45) is 13.6. The summed E-state index contributed by atoms with van der Waals surface area (Å²) in [6, 6.07) is 53.7. The lowest BCUT2D eigenvalue weighted by molar-refractivity contribution is 0.888. The molecule has 252 valence electrons. The molecule has 2 heteroatoms. The largest absolute Gasteiger partial charge is 0.313 e. The number of aryl methyl sites for hydroxylation is 1. The fourth-order valence-corrected chi connectivity index (χ4v) is 8.30. The van der Waals surface area contributed by atoms with Crippen molar-refractivity contribution in [3.05, 3.63) is 180 Å². The van der Waals surface area contributed by atoms with Gasteiger partial charge < -0.3 is 9.13 Å². The van der Waals surface area contributed by atoms with Crippen molar-refractivity contribution in [2.45, 2.75) is 39.5 Å². The van der Waals surface area contributed by atoms with E-state index in [0.717, 1.165) is 25.7 Å². The third-order valence-electron chi connectivity index (χ3n) is 10.7. The molecule has 0 aliphatic heterocycles. The lowest BCUT2D eigenvalue weighted by Gasteiger charge is -2.15. The Bertz CT molecular complexity index is 2610. The predicted molar refractivity (Wildman–Crippen MR) is 222 cm³/mol. The van der Waals surface area contributed by atoms with Crippen LogP contribution in [0.3, 0.4) is 0 Å². The van der Waals surface area contributed by atoms with Crippen molar-refractivity contribution in [1.82, 2.24) is 9.13 Å². The summed E-state index contributed by atoms with van der Waals surface area (Å²) in [4.78, 5) is 0. The van der Waals surface area contributed by atoms with Crippen LogP contribution in [0.5, 0.6) is 0 Å². The molecule has 8 aromatic rings. The zero-order chi connectivity index (χ0) is 35.0. The van der Waals surface area contributed by atoms with E-state index in [4.69, 9.17) is 0 Å². The summed E-state index contributed by atoms with van der Waals surface area (Å²) in [7, 11) is 0. The lowest BCUT2D eigenvalue weighted by Crippen LogP contribution is -2.02. The average Bonchev–Trinajstić information content (AvgIpc) is 3.75. The van der Waals surface area contributed by atoms with Crippen molar-refractivity contribution in [3.8, 4) is 44.8 Å². The molecule has 0 saturated heterocycles. The second kappa shape index (κ2) is 13.5. The average molecular weight is 671 g/mol. The molecule has 6 aromatic carbocycles. The zero-order valence-corrected chi connectivity index (χ0v) is 29.9. The van der Waals surface area contributed by atoms with E-state index in [2.05, 4.69) is 179 Å². The molecular weight excluding hydrogens is 629 g/mol. The molecule has 0 atom stereocenters. The van der Waals surface area contributed by atoms with E-state index in [9.17, 15) is 0 Å². The molecule has 0 spiro atoms. The maximum absolute atomic E-state index is 2.46. The molecule has 2 aliphatic rings. The first kappa shape index (κ1) is 31.8. The third kappa shape index (κ3) is 5.43. The van der Waals surface area contributed by atoms with Gasteiger partial charge in [-0.3, -0.25) is 0 Å². The van der Waals surface area contributed by atoms with Crippen molar-refractivity contribution in [3.63, 3.8) is 0 Å². The number of nitrogens with zero attached hydrogens (tertiary/aromatic N) is 2. The van der Waals surface area contributed by atoms with E-state index >= 15 is 0 Å². The van der Waals surface area contributed by atoms with Crippen molar-refractivity contribution in [2.24, 2.45) is 0 Å². The van der Waals surface area contributed by atoms with E-state index in [0.29, 0.717) is 0 Å². The number of benzene rings is 6. The van der Waals surface area contributed by atoms with E-state index in [1.165, 1.54) is 89.1 Å². The minimum Gasteiger partial charge on any atom is -0.313 e. The fraction of sp³-hybridized carbons (Fsp3) is 0.120. The Morgan fingerprint density at radius 3 is 1.58 bits per heavy atom. The Morgan fingerprint density at radius 2 is 0.923 bits per heavy atom. The molecule has 0 unspecified atom stereocenters. The van der Waals surface area contributed by atoms with Crippen LogP contribution in [-0.4, -0.2) is 9.13 Å². The summed E-state index contributed by atoms with van der Waals surface area (Å²) in [5.41, 5.74) is 17.8. The number of hydrogen-bond donors (Lipinski definition) is 0. The number of rotatable bonds is 5. The molecule has 0 N–H and O–H groups in total. The maximum Gasteiger partial charge on any atom is 0.0537 e. The number of para-hydroxylation sites is 2. The van der Waals surface area contributed by atoms with Gasteiger partial charge in [-0.1, -0.05) is 123 Å². The smallest absolute Gasteiger partial charge is 0.0537 e. The topological polar surface area (TPSA) is 9.86 Å². The predicted octanol–water partition coefficient (Wildman–Crippen LogP) is 13.5.